The van der Waals surface area contributed by atoms with Crippen molar-refractivity contribution in [2.24, 2.45) is 11.8 Å². The number of carbonyl (C=O) groups excluding carboxylic acids is 2. The van der Waals surface area contributed by atoms with E-state index in [1.807, 2.05) is 0 Å². The van der Waals surface area contributed by atoms with E-state index in [9.17, 15) is 9.59 Å². The summed E-state index contributed by atoms with van der Waals surface area (Å²) in [6, 6.07) is 0. The minimum atomic E-state index is -3.80. The third-order valence-corrected chi connectivity index (χ3v) is 15.6. The molecule has 0 aromatic carbocycles. The maximum absolute atomic E-state index is 11.8. The molecule has 5 heteroatoms. The Hall–Kier alpha value is -0.261. The van der Waals surface area contributed by atoms with Gasteiger partial charge < -0.3 is 0 Å². The average Bonchev–Trinajstić information content (AvgIpc) is 2.54. The van der Waals surface area contributed by atoms with Crippen LogP contribution in [0.25, 0.3) is 0 Å². The van der Waals surface area contributed by atoms with Crippen LogP contribution >= 0.6 is 0 Å². The van der Waals surface area contributed by atoms with Crippen molar-refractivity contribution in [2.75, 3.05) is 0 Å². The first-order valence-corrected chi connectivity index (χ1v) is 16.6. The van der Waals surface area contributed by atoms with Crippen LogP contribution in [0.3, 0.4) is 0 Å². The molecule has 0 heterocycles. The van der Waals surface area contributed by atoms with Gasteiger partial charge in [-0.1, -0.05) is 0 Å². The van der Waals surface area contributed by atoms with E-state index in [4.69, 9.17) is 6.15 Å². The fraction of sp³-hybridized carbons (Fsp3) is 0.900. The summed E-state index contributed by atoms with van der Waals surface area (Å²) < 4.78 is 13.4. The molecule has 25 heavy (non-hydrogen) atoms. The van der Waals surface area contributed by atoms with Crippen molar-refractivity contribution in [3.8, 4) is 0 Å². The third-order valence-electron chi connectivity index (χ3n) is 4.95. The average molecular weight is 463 g/mol. The van der Waals surface area contributed by atoms with Gasteiger partial charge in [0.1, 0.15) is 0 Å². The van der Waals surface area contributed by atoms with Crippen molar-refractivity contribution in [1.29, 1.82) is 0 Å². The molecule has 0 aliphatic heterocycles. The number of rotatable bonds is 14. The molecule has 0 amide bonds. The van der Waals surface area contributed by atoms with Crippen LogP contribution < -0.4 is 0 Å². The minimum absolute atomic E-state index is 0.285. The molecule has 2 unspecified atom stereocenters. The van der Waals surface area contributed by atoms with Crippen LogP contribution in [-0.4, -0.2) is 31.1 Å². The van der Waals surface area contributed by atoms with E-state index in [0.29, 0.717) is 11.8 Å². The normalized spacial score (nSPS) is 14.0. The van der Waals surface area contributed by atoms with Gasteiger partial charge in [-0.25, -0.2) is 0 Å². The fourth-order valence-corrected chi connectivity index (χ4v) is 15.9. The SMILES string of the molecule is CCCCC(CC)[CH2][Sn]([CH2]C(CC)CCCC)([O]C(C)=O)[O]C(C)=O. The van der Waals surface area contributed by atoms with Crippen molar-refractivity contribution >= 4 is 31.1 Å². The van der Waals surface area contributed by atoms with Gasteiger partial charge in [0.05, 0.1) is 0 Å². The van der Waals surface area contributed by atoms with Crippen molar-refractivity contribution in [2.45, 2.75) is 102 Å². The molecule has 0 rings (SSSR count). The van der Waals surface area contributed by atoms with Gasteiger partial charge in [-0.05, 0) is 0 Å². The molecule has 0 radical (unpaired) electrons. The molecular weight excluding hydrogens is 423 g/mol. The number of hydrogen-bond acceptors (Lipinski definition) is 4. The molecule has 0 N–H and O–H groups in total. The van der Waals surface area contributed by atoms with E-state index < -0.39 is 19.2 Å². The van der Waals surface area contributed by atoms with Crippen molar-refractivity contribution < 1.29 is 15.7 Å². The van der Waals surface area contributed by atoms with Crippen LogP contribution in [0.15, 0.2) is 0 Å². The Balaban J connectivity index is 5.44. The van der Waals surface area contributed by atoms with Crippen LogP contribution in [-0.2, 0) is 15.7 Å². The summed E-state index contributed by atoms with van der Waals surface area (Å²) in [7, 11) is 0. The standard InChI is InChI=1S/2C8H17.2C2H4O2.Sn/c2*1-4-6-7-8(3)5-2;2*1-2(3)4;/h2*8H,3-7H2,1-2H3;2*1H3,(H,3,4);/q;;;;+2/p-2. The maximum atomic E-state index is 11.8. The Morgan fingerprint density at radius 2 is 1.12 bits per heavy atom. The first-order chi connectivity index (χ1) is 11.8. The molecule has 148 valence electrons. The Labute approximate surface area is 160 Å². The second kappa shape index (κ2) is 13.9. The monoisotopic (exact) mass is 464 g/mol. The summed E-state index contributed by atoms with van der Waals surface area (Å²) in [4.78, 5) is 23.7. The van der Waals surface area contributed by atoms with Gasteiger partial charge in [0.15, 0.2) is 0 Å². The van der Waals surface area contributed by atoms with E-state index in [1.54, 1.807) is 0 Å². The molecule has 4 nitrogen and oxygen atoms in total. The van der Waals surface area contributed by atoms with Crippen LogP contribution in [0.5, 0.6) is 0 Å². The van der Waals surface area contributed by atoms with Crippen LogP contribution in [0.4, 0.5) is 0 Å². The van der Waals surface area contributed by atoms with Gasteiger partial charge in [0.25, 0.3) is 0 Å². The molecule has 2 atom stereocenters. The molecule has 0 aromatic heterocycles. The van der Waals surface area contributed by atoms with Gasteiger partial charge in [0.2, 0.25) is 0 Å². The van der Waals surface area contributed by atoms with E-state index in [2.05, 4.69) is 27.7 Å². The van der Waals surface area contributed by atoms with E-state index in [1.165, 1.54) is 26.7 Å². The number of hydrogen-bond donors (Lipinski definition) is 0. The first-order valence-electron chi connectivity index (χ1n) is 10.2. The Morgan fingerprint density at radius 3 is 1.36 bits per heavy atom. The summed E-state index contributed by atoms with van der Waals surface area (Å²) in [6.45, 7) is 11.7. The number of carbonyl (C=O) groups is 2. The molecule has 0 aliphatic carbocycles. The van der Waals surface area contributed by atoms with E-state index in [-0.39, 0.29) is 11.9 Å². The fourth-order valence-electron chi connectivity index (χ4n) is 3.56. The zero-order valence-corrected chi connectivity index (χ0v) is 20.2. The summed E-state index contributed by atoms with van der Waals surface area (Å²) in [5.41, 5.74) is 0. The third kappa shape index (κ3) is 11.1. The van der Waals surface area contributed by atoms with Gasteiger partial charge >= 0.3 is 160 Å². The molecule has 0 aromatic rings. The molecule has 0 saturated carbocycles. The second-order valence-electron chi connectivity index (χ2n) is 7.34. The Kier molecular flexibility index (Phi) is 13.7. The summed E-state index contributed by atoms with van der Waals surface area (Å²) in [5.74, 6) is 0.400. The van der Waals surface area contributed by atoms with Crippen LogP contribution in [0, 0.1) is 11.8 Å². The quantitative estimate of drug-likeness (QED) is 0.297. The summed E-state index contributed by atoms with van der Waals surface area (Å²) in [5, 5.41) is 0. The van der Waals surface area contributed by atoms with Gasteiger partial charge in [-0.15, -0.1) is 0 Å². The van der Waals surface area contributed by atoms with Gasteiger partial charge in [-0.2, -0.15) is 0 Å². The zero-order chi connectivity index (χ0) is 19.3. The molecule has 0 bridgehead atoms. The van der Waals surface area contributed by atoms with Crippen LogP contribution in [0.1, 0.15) is 92.9 Å². The Bertz CT molecular complexity index is 348. The van der Waals surface area contributed by atoms with Crippen molar-refractivity contribution in [3.63, 3.8) is 0 Å². The molecule has 0 spiro atoms. The van der Waals surface area contributed by atoms with E-state index in [0.717, 1.165) is 47.4 Å². The van der Waals surface area contributed by atoms with Crippen molar-refractivity contribution in [3.05, 3.63) is 0 Å². The molecule has 0 aliphatic rings. The predicted molar refractivity (Wildman–Crippen MR) is 106 cm³/mol. The molecule has 0 fully saturated rings. The van der Waals surface area contributed by atoms with Crippen molar-refractivity contribution in [1.82, 2.24) is 0 Å². The van der Waals surface area contributed by atoms with Gasteiger partial charge in [-0.3, -0.25) is 0 Å². The van der Waals surface area contributed by atoms with E-state index >= 15 is 0 Å². The van der Waals surface area contributed by atoms with Gasteiger partial charge in [0, 0.05) is 0 Å². The predicted octanol–water partition coefficient (Wildman–Crippen LogP) is 5.99. The zero-order valence-electron chi connectivity index (χ0n) is 17.4. The summed E-state index contributed by atoms with van der Waals surface area (Å²) >= 11 is -3.80. The first kappa shape index (κ1) is 24.7. The van der Waals surface area contributed by atoms with Crippen LogP contribution in [0.2, 0.25) is 8.87 Å². The Morgan fingerprint density at radius 1 is 0.760 bits per heavy atom. The summed E-state index contributed by atoms with van der Waals surface area (Å²) in [6.07, 6.45) is 9.02. The molecular formula is C20H40O4Sn. The molecule has 0 saturated heterocycles. The topological polar surface area (TPSA) is 52.6 Å². The number of unbranched alkanes of at least 4 members (excludes halogenated alkanes) is 2. The second-order valence-corrected chi connectivity index (χ2v) is 16.0.